The van der Waals surface area contributed by atoms with E-state index in [2.05, 4.69) is 31.6 Å². The van der Waals surface area contributed by atoms with Gasteiger partial charge < -0.3 is 4.57 Å². The van der Waals surface area contributed by atoms with Crippen molar-refractivity contribution in [3.05, 3.63) is 0 Å². The molecule has 0 unspecified atom stereocenters. The van der Waals surface area contributed by atoms with E-state index in [0.29, 0.717) is 0 Å². The molecule has 0 rings (SSSR count). The highest BCUT2D eigenvalue weighted by molar-refractivity contribution is 6.52. The Morgan fingerprint density at radius 2 is 1.89 bits per heavy atom. The summed E-state index contributed by atoms with van der Waals surface area (Å²) >= 11 is 0. The van der Waals surface area contributed by atoms with Gasteiger partial charge in [0.1, 0.15) is 8.96 Å². The Morgan fingerprint density at radius 1 is 1.33 bits per heavy atom. The lowest BCUT2D eigenvalue weighted by Gasteiger charge is -2.18. The molecule has 1 nitrogen and oxygen atoms in total. The van der Waals surface area contributed by atoms with Crippen molar-refractivity contribution < 1.29 is 0 Å². The molecule has 9 heavy (non-hydrogen) atoms. The first-order valence-electron chi connectivity index (χ1n) is 3.88. The van der Waals surface area contributed by atoms with Gasteiger partial charge in [-0.05, 0) is 20.0 Å². The molecule has 2 heteroatoms. The summed E-state index contributed by atoms with van der Waals surface area (Å²) in [5.74, 6) is 0. The van der Waals surface area contributed by atoms with Gasteiger partial charge in [-0.25, -0.2) is 0 Å². The maximum atomic E-state index is 2.52. The fraction of sp³-hybridized carbons (Fsp3) is 1.00. The zero-order valence-corrected chi connectivity index (χ0v) is 8.30. The van der Waals surface area contributed by atoms with Crippen molar-refractivity contribution in [2.45, 2.75) is 32.9 Å². The Kier molecular flexibility index (Phi) is 5.10. The summed E-state index contributed by atoms with van der Waals surface area (Å²) in [7, 11) is 1.78. The summed E-state index contributed by atoms with van der Waals surface area (Å²) in [6.07, 6.45) is 2.69. The molecule has 0 aliphatic heterocycles. The molecule has 0 amide bonds. The van der Waals surface area contributed by atoms with Crippen LogP contribution in [0.1, 0.15) is 19.8 Å². The lowest BCUT2D eigenvalue weighted by molar-refractivity contribution is 0.501. The molecule has 0 spiro atoms. The van der Waals surface area contributed by atoms with E-state index in [1.54, 1.807) is 0 Å². The van der Waals surface area contributed by atoms with Gasteiger partial charge in [-0.1, -0.05) is 26.4 Å². The molecule has 0 aromatic rings. The first-order chi connectivity index (χ1) is 4.18. The van der Waals surface area contributed by atoms with Crippen LogP contribution in [0.3, 0.4) is 0 Å². The van der Waals surface area contributed by atoms with Crippen molar-refractivity contribution in [3.8, 4) is 0 Å². The maximum absolute atomic E-state index is 2.52. The molecular formula is C7H19NSi. The van der Waals surface area contributed by atoms with Crippen molar-refractivity contribution >= 4 is 8.96 Å². The van der Waals surface area contributed by atoms with Gasteiger partial charge in [0.05, 0.1) is 0 Å². The highest BCUT2D eigenvalue weighted by Gasteiger charge is 2.01. The van der Waals surface area contributed by atoms with E-state index in [-0.39, 0.29) is 0 Å². The van der Waals surface area contributed by atoms with E-state index >= 15 is 0 Å². The second kappa shape index (κ2) is 5.00. The minimum Gasteiger partial charge on any atom is -0.329 e. The molecule has 0 aliphatic carbocycles. The summed E-state index contributed by atoms with van der Waals surface area (Å²) in [5.41, 5.74) is 0. The Balaban J connectivity index is 3.16. The summed E-state index contributed by atoms with van der Waals surface area (Å²) in [5, 5.41) is 0. The molecule has 56 valence electrons. The van der Waals surface area contributed by atoms with Crippen LogP contribution in [0.4, 0.5) is 0 Å². The highest BCUT2D eigenvalue weighted by atomic mass is 28.3. The largest absolute Gasteiger partial charge is 0.329 e. The lowest BCUT2D eigenvalue weighted by atomic mass is 10.3. The van der Waals surface area contributed by atoms with Crippen molar-refractivity contribution in [2.24, 2.45) is 0 Å². The van der Waals surface area contributed by atoms with Crippen molar-refractivity contribution in [3.63, 3.8) is 0 Å². The second-order valence-electron chi connectivity index (χ2n) is 2.93. The number of nitrogens with zero attached hydrogens (tertiary/aromatic N) is 1. The molecule has 0 N–H and O–H groups in total. The first kappa shape index (κ1) is 9.18. The number of hydrogen-bond donors (Lipinski definition) is 0. The van der Waals surface area contributed by atoms with Gasteiger partial charge in [0.2, 0.25) is 0 Å². The van der Waals surface area contributed by atoms with Crippen LogP contribution in [-0.4, -0.2) is 27.1 Å². The van der Waals surface area contributed by atoms with Crippen LogP contribution in [0.15, 0.2) is 0 Å². The Bertz CT molecular complexity index is 63.9. The predicted octanol–water partition coefficient (Wildman–Crippen LogP) is 1.70. The molecule has 0 aromatic carbocycles. The van der Waals surface area contributed by atoms with Gasteiger partial charge in [-0.15, -0.1) is 0 Å². The van der Waals surface area contributed by atoms with Crippen molar-refractivity contribution in [1.29, 1.82) is 0 Å². The van der Waals surface area contributed by atoms with E-state index in [4.69, 9.17) is 0 Å². The third-order valence-corrected chi connectivity index (χ3v) is 3.77. The minimum absolute atomic E-state index is 0.463. The number of unbranched alkanes of at least 4 members (excludes halogenated alkanes) is 1. The Labute approximate surface area is 60.7 Å². The molecule has 0 aromatic heterocycles. The first-order valence-corrected chi connectivity index (χ1v) is 6.71. The van der Waals surface area contributed by atoms with Gasteiger partial charge in [-0.3, -0.25) is 0 Å². The van der Waals surface area contributed by atoms with Gasteiger partial charge in [-0.2, -0.15) is 0 Å². The molecule has 0 atom stereocenters. The van der Waals surface area contributed by atoms with Gasteiger partial charge in [0.15, 0.2) is 0 Å². The van der Waals surface area contributed by atoms with Crippen molar-refractivity contribution in [2.75, 3.05) is 13.6 Å². The van der Waals surface area contributed by atoms with Gasteiger partial charge >= 0.3 is 0 Å². The molecule has 0 bridgehead atoms. The lowest BCUT2D eigenvalue weighted by Crippen LogP contribution is -2.30. The molecular weight excluding hydrogens is 126 g/mol. The van der Waals surface area contributed by atoms with E-state index in [0.717, 1.165) is 0 Å². The van der Waals surface area contributed by atoms with Crippen LogP contribution in [0.5, 0.6) is 0 Å². The smallest absolute Gasteiger partial charge is 0.105 e. The average Bonchev–Trinajstić information content (AvgIpc) is 1.82. The third kappa shape index (κ3) is 4.67. The van der Waals surface area contributed by atoms with Crippen LogP contribution < -0.4 is 0 Å². The fourth-order valence-corrected chi connectivity index (χ4v) is 1.36. The number of hydrogen-bond acceptors (Lipinski definition) is 1. The predicted molar refractivity (Wildman–Crippen MR) is 46.4 cm³/mol. The van der Waals surface area contributed by atoms with E-state index in [1.807, 2.05) is 0 Å². The summed E-state index contributed by atoms with van der Waals surface area (Å²) in [6, 6.07) is 0. The highest BCUT2D eigenvalue weighted by Crippen LogP contribution is 1.94. The quantitative estimate of drug-likeness (QED) is 0.544. The summed E-state index contributed by atoms with van der Waals surface area (Å²) in [6.45, 7) is 8.29. The molecule has 0 saturated heterocycles. The van der Waals surface area contributed by atoms with Crippen LogP contribution in [-0.2, 0) is 0 Å². The topological polar surface area (TPSA) is 3.24 Å². The maximum Gasteiger partial charge on any atom is 0.105 e. The molecule has 0 fully saturated rings. The van der Waals surface area contributed by atoms with Gasteiger partial charge in [0.25, 0.3) is 0 Å². The molecule has 0 radical (unpaired) electrons. The second-order valence-corrected chi connectivity index (χ2v) is 6.00. The minimum atomic E-state index is -0.463. The van der Waals surface area contributed by atoms with E-state index in [1.165, 1.54) is 19.4 Å². The third-order valence-electron chi connectivity index (χ3n) is 1.75. The fourth-order valence-electron chi connectivity index (χ4n) is 0.666. The van der Waals surface area contributed by atoms with E-state index < -0.39 is 8.96 Å². The van der Waals surface area contributed by atoms with Crippen LogP contribution in [0.25, 0.3) is 0 Å². The Morgan fingerprint density at radius 3 is 2.22 bits per heavy atom. The normalized spacial score (nSPS) is 11.3. The summed E-state index contributed by atoms with van der Waals surface area (Å²) in [4.78, 5) is 0. The van der Waals surface area contributed by atoms with Crippen LogP contribution in [0, 0.1) is 0 Å². The SMILES string of the molecule is CCCCN(C)[SiH](C)C. The van der Waals surface area contributed by atoms with Crippen LogP contribution >= 0.6 is 0 Å². The van der Waals surface area contributed by atoms with E-state index in [9.17, 15) is 0 Å². The zero-order valence-electron chi connectivity index (χ0n) is 7.15. The summed E-state index contributed by atoms with van der Waals surface area (Å²) < 4.78 is 2.52. The zero-order chi connectivity index (χ0) is 7.28. The van der Waals surface area contributed by atoms with Gasteiger partial charge in [0, 0.05) is 0 Å². The Hall–Kier alpha value is 0.177. The van der Waals surface area contributed by atoms with Crippen LogP contribution in [0.2, 0.25) is 13.1 Å². The monoisotopic (exact) mass is 145 g/mol. The van der Waals surface area contributed by atoms with Crippen molar-refractivity contribution in [1.82, 2.24) is 4.57 Å². The molecule has 0 heterocycles. The molecule has 0 saturated carbocycles. The molecule has 0 aliphatic rings. The number of rotatable bonds is 4. The average molecular weight is 145 g/mol. The standard InChI is InChI=1S/C7H19NSi/c1-5-6-7-8(2)9(3)4/h9H,5-7H2,1-4H3.